The lowest BCUT2D eigenvalue weighted by Crippen LogP contribution is -2.38. The molecule has 0 aromatic heterocycles. The Labute approximate surface area is 96.2 Å². The molecule has 0 radical (unpaired) electrons. The molecule has 1 fully saturated rings. The van der Waals surface area contributed by atoms with Gasteiger partial charge in [0.25, 0.3) is 0 Å². The molecule has 1 aromatic carbocycles. The molecule has 3 rings (SSSR count). The molecule has 0 amide bonds. The number of fused-ring (bicyclic) bond motifs is 3. The molecule has 0 spiro atoms. The van der Waals surface area contributed by atoms with Gasteiger partial charge in [0, 0.05) is 17.1 Å². The second kappa shape index (κ2) is 3.37. The van der Waals surface area contributed by atoms with Crippen LogP contribution in [0.3, 0.4) is 0 Å². The van der Waals surface area contributed by atoms with Crippen LogP contribution in [0.15, 0.2) is 16.6 Å². The normalized spacial score (nSPS) is 23.3. The summed E-state index contributed by atoms with van der Waals surface area (Å²) < 4.78 is 19.6. The molecule has 0 bridgehead atoms. The van der Waals surface area contributed by atoms with Crippen LogP contribution in [0.25, 0.3) is 0 Å². The highest BCUT2D eigenvalue weighted by Gasteiger charge is 2.33. The van der Waals surface area contributed by atoms with Gasteiger partial charge in [0.05, 0.1) is 11.7 Å². The molecule has 2 heterocycles. The van der Waals surface area contributed by atoms with Crippen molar-refractivity contribution < 1.29 is 9.13 Å². The Morgan fingerprint density at radius 2 is 2.33 bits per heavy atom. The molecular formula is C11H11BrFNO. The third-order valence-corrected chi connectivity index (χ3v) is 3.69. The summed E-state index contributed by atoms with van der Waals surface area (Å²) in [6.45, 7) is 1.73. The van der Waals surface area contributed by atoms with Crippen LogP contribution in [0, 0.1) is 5.82 Å². The monoisotopic (exact) mass is 271 g/mol. The Hall–Kier alpha value is -0.770. The second-order valence-corrected chi connectivity index (χ2v) is 4.89. The Morgan fingerprint density at radius 3 is 3.20 bits per heavy atom. The van der Waals surface area contributed by atoms with Crippen LogP contribution >= 0.6 is 15.9 Å². The quantitative estimate of drug-likeness (QED) is 0.720. The van der Waals surface area contributed by atoms with Gasteiger partial charge in [-0.2, -0.15) is 0 Å². The molecule has 1 saturated heterocycles. The first-order valence-corrected chi connectivity index (χ1v) is 5.93. The van der Waals surface area contributed by atoms with Crippen molar-refractivity contribution in [1.82, 2.24) is 0 Å². The largest absolute Gasteiger partial charge is 0.489 e. The van der Waals surface area contributed by atoms with E-state index in [0.29, 0.717) is 18.4 Å². The van der Waals surface area contributed by atoms with Crippen LogP contribution in [0.5, 0.6) is 5.75 Å². The smallest absolute Gasteiger partial charge is 0.146 e. The van der Waals surface area contributed by atoms with E-state index in [1.54, 1.807) is 0 Å². The van der Waals surface area contributed by atoms with Gasteiger partial charge < -0.3 is 9.64 Å². The van der Waals surface area contributed by atoms with Gasteiger partial charge in [-0.1, -0.05) is 0 Å². The molecule has 15 heavy (non-hydrogen) atoms. The topological polar surface area (TPSA) is 12.5 Å². The molecule has 4 heteroatoms. The molecule has 2 nitrogen and oxygen atoms in total. The van der Waals surface area contributed by atoms with Crippen molar-refractivity contribution in [2.75, 3.05) is 18.1 Å². The summed E-state index contributed by atoms with van der Waals surface area (Å²) in [6.07, 6.45) is 2.36. The first-order valence-electron chi connectivity index (χ1n) is 5.14. The Balaban J connectivity index is 2.12. The van der Waals surface area contributed by atoms with Crippen LogP contribution in [0.1, 0.15) is 12.8 Å². The van der Waals surface area contributed by atoms with Crippen molar-refractivity contribution in [2.45, 2.75) is 18.9 Å². The van der Waals surface area contributed by atoms with E-state index >= 15 is 0 Å². The zero-order valence-electron chi connectivity index (χ0n) is 8.17. The lowest BCUT2D eigenvalue weighted by molar-refractivity contribution is 0.270. The maximum Gasteiger partial charge on any atom is 0.146 e. The maximum atomic E-state index is 13.2. The van der Waals surface area contributed by atoms with E-state index in [-0.39, 0.29) is 5.82 Å². The first-order chi connectivity index (χ1) is 7.25. The molecule has 0 aliphatic carbocycles. The fourth-order valence-corrected chi connectivity index (χ4v) is 3.06. The molecule has 0 unspecified atom stereocenters. The van der Waals surface area contributed by atoms with Crippen LogP contribution in [-0.2, 0) is 0 Å². The summed E-state index contributed by atoms with van der Waals surface area (Å²) in [5.74, 6) is 0.415. The van der Waals surface area contributed by atoms with E-state index in [1.165, 1.54) is 25.0 Å². The Bertz CT molecular complexity index is 410. The van der Waals surface area contributed by atoms with E-state index in [1.807, 2.05) is 0 Å². The first kappa shape index (κ1) is 9.46. The lowest BCUT2D eigenvalue weighted by Gasteiger charge is -2.34. The SMILES string of the molecule is Fc1cc(Br)c2c(c1)OC[C@H]1CCCN21. The highest BCUT2D eigenvalue weighted by atomic mass is 79.9. The summed E-state index contributed by atoms with van der Waals surface area (Å²) in [5, 5.41) is 0. The fraction of sp³-hybridized carbons (Fsp3) is 0.455. The van der Waals surface area contributed by atoms with E-state index in [2.05, 4.69) is 20.8 Å². The average molecular weight is 272 g/mol. The molecule has 2 aliphatic heterocycles. The maximum absolute atomic E-state index is 13.2. The van der Waals surface area contributed by atoms with Crippen LogP contribution in [0.2, 0.25) is 0 Å². The molecule has 0 N–H and O–H groups in total. The van der Waals surface area contributed by atoms with Gasteiger partial charge in [0.1, 0.15) is 18.2 Å². The molecule has 2 aliphatic rings. The molecule has 1 aromatic rings. The van der Waals surface area contributed by atoms with Crippen LogP contribution in [-0.4, -0.2) is 19.2 Å². The van der Waals surface area contributed by atoms with Crippen molar-refractivity contribution in [1.29, 1.82) is 0 Å². The zero-order valence-corrected chi connectivity index (χ0v) is 9.76. The number of hydrogen-bond acceptors (Lipinski definition) is 2. The number of anilines is 1. The van der Waals surface area contributed by atoms with Crippen molar-refractivity contribution in [3.8, 4) is 5.75 Å². The predicted molar refractivity (Wildman–Crippen MR) is 60.0 cm³/mol. The minimum Gasteiger partial charge on any atom is -0.489 e. The highest BCUT2D eigenvalue weighted by molar-refractivity contribution is 9.10. The van der Waals surface area contributed by atoms with E-state index in [0.717, 1.165) is 16.7 Å². The summed E-state index contributed by atoms with van der Waals surface area (Å²) in [4.78, 5) is 2.32. The molecule has 1 atom stereocenters. The van der Waals surface area contributed by atoms with Crippen molar-refractivity contribution >= 4 is 21.6 Å². The lowest BCUT2D eigenvalue weighted by atomic mass is 10.1. The number of ether oxygens (including phenoxy) is 1. The summed E-state index contributed by atoms with van der Waals surface area (Å²) in [5.41, 5.74) is 1.02. The molecular weight excluding hydrogens is 261 g/mol. The van der Waals surface area contributed by atoms with Crippen LogP contribution < -0.4 is 9.64 Å². The number of rotatable bonds is 0. The van der Waals surface area contributed by atoms with Gasteiger partial charge >= 0.3 is 0 Å². The van der Waals surface area contributed by atoms with Gasteiger partial charge in [-0.25, -0.2) is 4.39 Å². The Kier molecular flexibility index (Phi) is 2.12. The molecule has 0 saturated carbocycles. The highest BCUT2D eigenvalue weighted by Crippen LogP contribution is 2.43. The minimum absolute atomic E-state index is 0.252. The third-order valence-electron chi connectivity index (χ3n) is 3.09. The standard InChI is InChI=1S/C11H11BrFNO/c12-9-4-7(13)5-10-11(9)14-3-1-2-8(14)6-15-10/h4-5,8H,1-3,6H2/t8-/m1/s1. The van der Waals surface area contributed by atoms with Gasteiger partial charge in [-0.3, -0.25) is 0 Å². The van der Waals surface area contributed by atoms with E-state index < -0.39 is 0 Å². The average Bonchev–Trinajstić information content (AvgIpc) is 2.63. The number of halogens is 2. The van der Waals surface area contributed by atoms with Gasteiger partial charge in [0.15, 0.2) is 0 Å². The summed E-state index contributed by atoms with van der Waals surface area (Å²) in [7, 11) is 0. The minimum atomic E-state index is -0.252. The van der Waals surface area contributed by atoms with Gasteiger partial charge in [-0.15, -0.1) is 0 Å². The van der Waals surface area contributed by atoms with Gasteiger partial charge in [-0.05, 0) is 34.8 Å². The molecule has 80 valence electrons. The third kappa shape index (κ3) is 1.42. The van der Waals surface area contributed by atoms with Crippen molar-refractivity contribution in [3.63, 3.8) is 0 Å². The van der Waals surface area contributed by atoms with E-state index in [4.69, 9.17) is 4.74 Å². The second-order valence-electron chi connectivity index (χ2n) is 4.03. The summed E-state index contributed by atoms with van der Waals surface area (Å²) >= 11 is 3.41. The fourth-order valence-electron chi connectivity index (χ4n) is 2.42. The predicted octanol–water partition coefficient (Wildman–Crippen LogP) is 2.95. The number of nitrogens with zero attached hydrogens (tertiary/aromatic N) is 1. The Morgan fingerprint density at radius 1 is 1.47 bits per heavy atom. The van der Waals surface area contributed by atoms with Crippen molar-refractivity contribution in [3.05, 3.63) is 22.4 Å². The zero-order chi connectivity index (χ0) is 10.4. The van der Waals surface area contributed by atoms with Gasteiger partial charge in [0.2, 0.25) is 0 Å². The summed E-state index contributed by atoms with van der Waals surface area (Å²) in [6, 6.07) is 3.44. The van der Waals surface area contributed by atoms with Crippen molar-refractivity contribution in [2.24, 2.45) is 0 Å². The number of hydrogen-bond donors (Lipinski definition) is 0. The van der Waals surface area contributed by atoms with Crippen LogP contribution in [0.4, 0.5) is 10.1 Å². The number of benzene rings is 1. The van der Waals surface area contributed by atoms with E-state index in [9.17, 15) is 4.39 Å².